The van der Waals surface area contributed by atoms with Crippen molar-refractivity contribution in [3.05, 3.63) is 57.5 Å². The Morgan fingerprint density at radius 1 is 1.12 bits per heavy atom. The van der Waals surface area contributed by atoms with Crippen LogP contribution in [-0.4, -0.2) is 41.7 Å². The molecule has 1 aliphatic heterocycles. The summed E-state index contributed by atoms with van der Waals surface area (Å²) in [5, 5.41) is 2.65. The molecule has 3 amide bonds. The number of imide groups is 1. The molecule has 1 N–H and O–H groups in total. The van der Waals surface area contributed by atoms with E-state index >= 15 is 0 Å². The summed E-state index contributed by atoms with van der Waals surface area (Å²) in [6, 6.07) is 10.4. The van der Waals surface area contributed by atoms with Gasteiger partial charge >= 0.3 is 0 Å². The average Bonchev–Trinajstić information content (AvgIpc) is 3.00. The monoisotopic (exact) mass is 474 g/mol. The fourth-order valence-electron chi connectivity index (χ4n) is 2.96. The second-order valence-corrected chi connectivity index (χ2v) is 8.25. The second-order valence-electron chi connectivity index (χ2n) is 6.85. The Labute approximate surface area is 195 Å². The Kier molecular flexibility index (Phi) is 7.82. The minimum atomic E-state index is -0.534. The van der Waals surface area contributed by atoms with Gasteiger partial charge < -0.3 is 14.8 Å². The first-order valence-corrected chi connectivity index (χ1v) is 11.2. The van der Waals surface area contributed by atoms with Crippen LogP contribution in [0.15, 0.2) is 41.3 Å². The number of benzene rings is 2. The lowest BCUT2D eigenvalue weighted by molar-refractivity contribution is -0.127. The quantitative estimate of drug-likeness (QED) is 0.534. The highest BCUT2D eigenvalue weighted by Gasteiger charge is 2.36. The Morgan fingerprint density at radius 3 is 2.56 bits per heavy atom. The van der Waals surface area contributed by atoms with Crippen molar-refractivity contribution in [1.29, 1.82) is 0 Å². The normalized spacial score (nSPS) is 14.8. The zero-order valence-corrected chi connectivity index (χ0v) is 19.5. The maximum Gasteiger partial charge on any atom is 0.294 e. The van der Waals surface area contributed by atoms with Crippen LogP contribution in [0.4, 0.5) is 10.5 Å². The molecule has 9 heteroatoms. The fraction of sp³-hybridized carbons (Fsp3) is 0.261. The van der Waals surface area contributed by atoms with Crippen molar-refractivity contribution in [2.45, 2.75) is 20.8 Å². The zero-order chi connectivity index (χ0) is 23.3. The van der Waals surface area contributed by atoms with Crippen molar-refractivity contribution < 1.29 is 23.9 Å². The fourth-order valence-corrected chi connectivity index (χ4v) is 3.97. The Balaban J connectivity index is 1.74. The van der Waals surface area contributed by atoms with E-state index in [0.717, 1.165) is 22.2 Å². The highest BCUT2D eigenvalue weighted by atomic mass is 35.5. The van der Waals surface area contributed by atoms with Gasteiger partial charge in [-0.1, -0.05) is 17.7 Å². The highest BCUT2D eigenvalue weighted by Crippen LogP contribution is 2.35. The van der Waals surface area contributed by atoms with Crippen LogP contribution >= 0.6 is 23.4 Å². The van der Waals surface area contributed by atoms with Gasteiger partial charge in [0.2, 0.25) is 5.91 Å². The van der Waals surface area contributed by atoms with Crippen LogP contribution in [0, 0.1) is 6.92 Å². The van der Waals surface area contributed by atoms with E-state index in [2.05, 4.69) is 5.32 Å². The smallest absolute Gasteiger partial charge is 0.294 e. The summed E-state index contributed by atoms with van der Waals surface area (Å²) in [4.78, 5) is 38.7. The van der Waals surface area contributed by atoms with Crippen molar-refractivity contribution in [1.82, 2.24) is 4.90 Å². The Hall–Kier alpha value is -2.97. The van der Waals surface area contributed by atoms with Gasteiger partial charge in [-0.25, -0.2) is 0 Å². The summed E-state index contributed by atoms with van der Waals surface area (Å²) in [6.45, 7) is 6.14. The van der Waals surface area contributed by atoms with E-state index in [9.17, 15) is 14.4 Å². The Bertz CT molecular complexity index is 1090. The molecular weight excluding hydrogens is 452 g/mol. The summed E-state index contributed by atoms with van der Waals surface area (Å²) in [6.07, 6.45) is 1.59. The molecule has 0 saturated carbocycles. The third kappa shape index (κ3) is 5.63. The molecule has 0 aromatic heterocycles. The van der Waals surface area contributed by atoms with Gasteiger partial charge in [-0.3, -0.25) is 19.3 Å². The lowest BCUT2D eigenvalue weighted by Crippen LogP contribution is -2.36. The standard InChI is InChI=1S/C23H23ClN2O5S/c1-4-30-17-9-7-15(19(12-17)31-5-2)10-20-22(28)26(23(29)32-20)13-21(27)25-16-8-6-14(3)18(24)11-16/h6-12H,4-5,13H2,1-3H3,(H,25,27)/b20-10+. The molecule has 1 saturated heterocycles. The number of hydrogen-bond donors (Lipinski definition) is 1. The van der Waals surface area contributed by atoms with E-state index in [4.69, 9.17) is 21.1 Å². The van der Waals surface area contributed by atoms with Crippen LogP contribution in [0.5, 0.6) is 11.5 Å². The first kappa shape index (κ1) is 23.7. The van der Waals surface area contributed by atoms with Gasteiger partial charge in [-0.15, -0.1) is 0 Å². The molecular formula is C23H23ClN2O5S. The minimum absolute atomic E-state index is 0.214. The van der Waals surface area contributed by atoms with Crippen molar-refractivity contribution in [3.63, 3.8) is 0 Å². The zero-order valence-electron chi connectivity index (χ0n) is 17.9. The molecule has 0 atom stereocenters. The topological polar surface area (TPSA) is 84.9 Å². The largest absolute Gasteiger partial charge is 0.494 e. The molecule has 0 spiro atoms. The first-order chi connectivity index (χ1) is 15.3. The van der Waals surface area contributed by atoms with Crippen molar-refractivity contribution >= 4 is 52.2 Å². The maximum atomic E-state index is 12.8. The van der Waals surface area contributed by atoms with Crippen molar-refractivity contribution in [2.24, 2.45) is 0 Å². The lowest BCUT2D eigenvalue weighted by Gasteiger charge is -2.13. The summed E-state index contributed by atoms with van der Waals surface area (Å²) in [7, 11) is 0. The Morgan fingerprint density at radius 2 is 1.88 bits per heavy atom. The molecule has 0 aliphatic carbocycles. The first-order valence-electron chi connectivity index (χ1n) is 10.0. The van der Waals surface area contributed by atoms with Crippen LogP contribution in [0.3, 0.4) is 0 Å². The number of amides is 3. The van der Waals surface area contributed by atoms with Crippen LogP contribution < -0.4 is 14.8 Å². The number of halogens is 1. The van der Waals surface area contributed by atoms with E-state index in [1.54, 1.807) is 42.5 Å². The molecule has 7 nitrogen and oxygen atoms in total. The van der Waals surface area contributed by atoms with E-state index in [0.29, 0.717) is 41.0 Å². The molecule has 2 aromatic rings. The summed E-state index contributed by atoms with van der Waals surface area (Å²) in [5.41, 5.74) is 2.00. The molecule has 1 heterocycles. The lowest BCUT2D eigenvalue weighted by atomic mass is 10.1. The number of nitrogens with zero attached hydrogens (tertiary/aromatic N) is 1. The number of aryl methyl sites for hydroxylation is 1. The van der Waals surface area contributed by atoms with Gasteiger partial charge in [0.05, 0.1) is 18.1 Å². The van der Waals surface area contributed by atoms with Gasteiger partial charge in [-0.2, -0.15) is 0 Å². The predicted octanol–water partition coefficient (Wildman–Crippen LogP) is 5.12. The third-order valence-corrected chi connectivity index (χ3v) is 5.83. The van der Waals surface area contributed by atoms with Gasteiger partial charge in [-0.05, 0) is 68.4 Å². The SMILES string of the molecule is CCOc1ccc(/C=C2/SC(=O)N(CC(=O)Nc3ccc(C)c(Cl)c3)C2=O)c(OCC)c1. The third-order valence-electron chi connectivity index (χ3n) is 4.51. The molecule has 0 unspecified atom stereocenters. The summed E-state index contributed by atoms with van der Waals surface area (Å²) < 4.78 is 11.1. The van der Waals surface area contributed by atoms with E-state index in [-0.39, 0.29) is 4.91 Å². The summed E-state index contributed by atoms with van der Waals surface area (Å²) in [5.74, 6) is 0.159. The number of thioether (sulfide) groups is 1. The van der Waals surface area contributed by atoms with E-state index in [1.165, 1.54) is 0 Å². The number of carbonyl (C=O) groups is 3. The molecule has 1 aliphatic rings. The van der Waals surface area contributed by atoms with Crippen molar-refractivity contribution in [2.75, 3.05) is 25.1 Å². The molecule has 1 fully saturated rings. The molecule has 0 bridgehead atoms. The predicted molar refractivity (Wildman–Crippen MR) is 126 cm³/mol. The second kappa shape index (κ2) is 10.6. The van der Waals surface area contributed by atoms with E-state index < -0.39 is 23.6 Å². The van der Waals surface area contributed by atoms with Crippen LogP contribution in [0.25, 0.3) is 6.08 Å². The van der Waals surface area contributed by atoms with Crippen molar-refractivity contribution in [3.8, 4) is 11.5 Å². The van der Waals surface area contributed by atoms with Crippen LogP contribution in [0.1, 0.15) is 25.0 Å². The minimum Gasteiger partial charge on any atom is -0.494 e. The van der Waals surface area contributed by atoms with Gasteiger partial charge in [0.25, 0.3) is 11.1 Å². The highest BCUT2D eigenvalue weighted by molar-refractivity contribution is 8.18. The molecule has 3 rings (SSSR count). The molecule has 2 aromatic carbocycles. The maximum absolute atomic E-state index is 12.8. The number of ether oxygens (including phenoxy) is 2. The number of rotatable bonds is 8. The molecule has 0 radical (unpaired) electrons. The number of nitrogens with one attached hydrogen (secondary N) is 1. The van der Waals surface area contributed by atoms with Crippen LogP contribution in [0.2, 0.25) is 5.02 Å². The van der Waals surface area contributed by atoms with E-state index in [1.807, 2.05) is 20.8 Å². The van der Waals surface area contributed by atoms with Gasteiger partial charge in [0.15, 0.2) is 0 Å². The number of carbonyl (C=O) groups excluding carboxylic acids is 3. The van der Waals surface area contributed by atoms with Crippen LogP contribution in [-0.2, 0) is 9.59 Å². The molecule has 168 valence electrons. The number of anilines is 1. The average molecular weight is 475 g/mol. The van der Waals surface area contributed by atoms with Gasteiger partial charge in [0, 0.05) is 22.3 Å². The summed E-state index contributed by atoms with van der Waals surface area (Å²) >= 11 is 6.85. The number of hydrogen-bond acceptors (Lipinski definition) is 6. The van der Waals surface area contributed by atoms with Gasteiger partial charge in [0.1, 0.15) is 18.0 Å². The molecule has 32 heavy (non-hydrogen) atoms.